The van der Waals surface area contributed by atoms with Gasteiger partial charge in [0.25, 0.3) is 5.91 Å². The van der Waals surface area contributed by atoms with Crippen LogP contribution in [0.5, 0.6) is 5.75 Å². The van der Waals surface area contributed by atoms with Crippen LogP contribution in [0.1, 0.15) is 23.8 Å². The van der Waals surface area contributed by atoms with Crippen LogP contribution < -0.4 is 10.1 Å². The number of hydrogen-bond acceptors (Lipinski definition) is 3. The molecule has 1 aromatic heterocycles. The van der Waals surface area contributed by atoms with Gasteiger partial charge in [-0.3, -0.25) is 4.79 Å². The third-order valence-corrected chi connectivity index (χ3v) is 3.11. The minimum absolute atomic E-state index is 0.241. The van der Waals surface area contributed by atoms with Crippen LogP contribution in [-0.2, 0) is 0 Å². The monoisotopic (exact) mass is 324 g/mol. The van der Waals surface area contributed by atoms with E-state index in [4.69, 9.17) is 27.9 Å². The minimum atomic E-state index is -0.351. The second kappa shape index (κ2) is 7.29. The van der Waals surface area contributed by atoms with E-state index in [0.29, 0.717) is 23.1 Å². The van der Waals surface area contributed by atoms with Gasteiger partial charge in [0.05, 0.1) is 11.6 Å². The maximum absolute atomic E-state index is 12.0. The van der Waals surface area contributed by atoms with Crippen LogP contribution in [0.3, 0.4) is 0 Å². The molecule has 0 atom stereocenters. The van der Waals surface area contributed by atoms with Gasteiger partial charge in [-0.05, 0) is 36.8 Å². The van der Waals surface area contributed by atoms with Gasteiger partial charge in [0.15, 0.2) is 0 Å². The highest BCUT2D eigenvalue weighted by molar-refractivity contribution is 6.32. The lowest BCUT2D eigenvalue weighted by Gasteiger charge is -2.09. The van der Waals surface area contributed by atoms with Crippen LogP contribution in [0.2, 0.25) is 10.2 Å². The lowest BCUT2D eigenvalue weighted by Crippen LogP contribution is -2.13. The number of nitrogens with one attached hydrogen (secondary N) is 1. The van der Waals surface area contributed by atoms with Crippen molar-refractivity contribution in [1.82, 2.24) is 4.98 Å². The summed E-state index contributed by atoms with van der Waals surface area (Å²) in [5, 5.41) is 3.42. The fourth-order valence-electron chi connectivity index (χ4n) is 1.64. The number of carbonyl (C=O) groups is 1. The van der Waals surface area contributed by atoms with E-state index in [1.807, 2.05) is 6.92 Å². The summed E-state index contributed by atoms with van der Waals surface area (Å²) < 4.78 is 5.47. The van der Waals surface area contributed by atoms with E-state index in [-0.39, 0.29) is 16.8 Å². The molecule has 0 unspecified atom stereocenters. The van der Waals surface area contributed by atoms with Gasteiger partial charge in [-0.1, -0.05) is 36.2 Å². The van der Waals surface area contributed by atoms with Crippen LogP contribution in [0.25, 0.3) is 0 Å². The number of rotatable bonds is 5. The molecule has 0 aliphatic carbocycles. The van der Waals surface area contributed by atoms with E-state index in [1.54, 1.807) is 36.4 Å². The Morgan fingerprint density at radius 1 is 1.29 bits per heavy atom. The average Bonchev–Trinajstić information content (AvgIpc) is 2.46. The number of halogens is 2. The molecule has 2 rings (SSSR count). The highest BCUT2D eigenvalue weighted by Crippen LogP contribution is 2.28. The summed E-state index contributed by atoms with van der Waals surface area (Å²) in [5.74, 6) is 0.244. The lowest BCUT2D eigenvalue weighted by molar-refractivity contribution is 0.102. The Labute approximate surface area is 133 Å². The molecule has 0 aliphatic heterocycles. The zero-order valence-electron chi connectivity index (χ0n) is 11.4. The van der Waals surface area contributed by atoms with Crippen molar-refractivity contribution in [2.75, 3.05) is 11.9 Å². The molecule has 1 amide bonds. The summed E-state index contributed by atoms with van der Waals surface area (Å²) in [6.07, 6.45) is 0.898. The number of hydrogen-bond donors (Lipinski definition) is 1. The Morgan fingerprint density at radius 3 is 2.76 bits per heavy atom. The summed E-state index contributed by atoms with van der Waals surface area (Å²) in [5.41, 5.74) is 0.806. The molecule has 2 aromatic rings. The molecule has 21 heavy (non-hydrogen) atoms. The highest BCUT2D eigenvalue weighted by atomic mass is 35.5. The van der Waals surface area contributed by atoms with Gasteiger partial charge >= 0.3 is 0 Å². The Kier molecular flexibility index (Phi) is 5.42. The number of ether oxygens (including phenoxy) is 1. The number of pyridine rings is 1. The van der Waals surface area contributed by atoms with Crippen LogP contribution in [0, 0.1) is 0 Å². The summed E-state index contributed by atoms with van der Waals surface area (Å²) in [6.45, 7) is 2.61. The lowest BCUT2D eigenvalue weighted by atomic mass is 10.2. The smallest absolute Gasteiger partial charge is 0.274 e. The molecular formula is C15H14Cl2N2O2. The van der Waals surface area contributed by atoms with E-state index in [2.05, 4.69) is 10.3 Å². The van der Waals surface area contributed by atoms with Gasteiger partial charge in [-0.25, -0.2) is 4.98 Å². The summed E-state index contributed by atoms with van der Waals surface area (Å²) in [4.78, 5) is 16.0. The molecule has 1 N–H and O–H groups in total. The molecule has 0 saturated heterocycles. The van der Waals surface area contributed by atoms with Gasteiger partial charge < -0.3 is 10.1 Å². The highest BCUT2D eigenvalue weighted by Gasteiger charge is 2.10. The van der Waals surface area contributed by atoms with Crippen molar-refractivity contribution in [3.05, 3.63) is 52.3 Å². The van der Waals surface area contributed by atoms with Crippen molar-refractivity contribution < 1.29 is 9.53 Å². The molecule has 0 fully saturated rings. The zero-order chi connectivity index (χ0) is 15.2. The molecular weight excluding hydrogens is 311 g/mol. The first kappa shape index (κ1) is 15.6. The van der Waals surface area contributed by atoms with Gasteiger partial charge in [-0.2, -0.15) is 0 Å². The largest absolute Gasteiger partial charge is 0.492 e. The second-order valence-corrected chi connectivity index (χ2v) is 5.09. The van der Waals surface area contributed by atoms with Gasteiger partial charge in [0.1, 0.15) is 16.6 Å². The second-order valence-electron chi connectivity index (χ2n) is 4.29. The Balaban J connectivity index is 2.09. The molecule has 4 nitrogen and oxygen atoms in total. The van der Waals surface area contributed by atoms with Crippen molar-refractivity contribution in [2.45, 2.75) is 13.3 Å². The normalized spacial score (nSPS) is 10.2. The summed E-state index contributed by atoms with van der Waals surface area (Å²) in [7, 11) is 0. The molecule has 0 bridgehead atoms. The average molecular weight is 325 g/mol. The zero-order valence-corrected chi connectivity index (χ0v) is 12.9. The van der Waals surface area contributed by atoms with Crippen LogP contribution >= 0.6 is 23.2 Å². The number of benzene rings is 1. The molecule has 110 valence electrons. The third kappa shape index (κ3) is 4.34. The van der Waals surface area contributed by atoms with Crippen molar-refractivity contribution in [3.8, 4) is 5.75 Å². The number of carbonyl (C=O) groups excluding carboxylic acids is 1. The number of anilines is 1. The molecule has 1 aromatic carbocycles. The molecule has 0 aliphatic rings. The molecule has 0 radical (unpaired) electrons. The number of aromatic nitrogens is 1. The van der Waals surface area contributed by atoms with Gasteiger partial charge in [0.2, 0.25) is 0 Å². The van der Waals surface area contributed by atoms with E-state index in [9.17, 15) is 4.79 Å². The summed E-state index contributed by atoms with van der Waals surface area (Å²) >= 11 is 11.9. The Hall–Kier alpha value is -1.78. The third-order valence-electron chi connectivity index (χ3n) is 2.60. The predicted molar refractivity (Wildman–Crippen MR) is 84.4 cm³/mol. The van der Waals surface area contributed by atoms with Crippen molar-refractivity contribution in [1.29, 1.82) is 0 Å². The molecule has 0 saturated carbocycles. The first-order valence-electron chi connectivity index (χ1n) is 6.46. The van der Waals surface area contributed by atoms with Crippen molar-refractivity contribution in [2.24, 2.45) is 0 Å². The first-order valence-corrected chi connectivity index (χ1v) is 7.22. The quantitative estimate of drug-likeness (QED) is 0.828. The van der Waals surface area contributed by atoms with Gasteiger partial charge in [0, 0.05) is 5.69 Å². The van der Waals surface area contributed by atoms with E-state index in [1.165, 1.54) is 0 Å². The van der Waals surface area contributed by atoms with Crippen LogP contribution in [-0.4, -0.2) is 17.5 Å². The molecule has 6 heteroatoms. The fraction of sp³-hybridized carbons (Fsp3) is 0.200. The maximum Gasteiger partial charge on any atom is 0.274 e. The van der Waals surface area contributed by atoms with E-state index >= 15 is 0 Å². The number of nitrogens with zero attached hydrogens (tertiary/aromatic N) is 1. The standard InChI is InChI=1S/C15H14Cl2N2O2/c1-2-8-21-13-7-6-10(9-11(13)16)18-15(20)12-4-3-5-14(17)19-12/h3-7,9H,2,8H2,1H3,(H,18,20). The van der Waals surface area contributed by atoms with Gasteiger partial charge in [-0.15, -0.1) is 0 Å². The topological polar surface area (TPSA) is 51.2 Å². The summed E-state index contributed by atoms with van der Waals surface area (Å²) in [6, 6.07) is 9.93. The maximum atomic E-state index is 12.0. The van der Waals surface area contributed by atoms with Crippen LogP contribution in [0.4, 0.5) is 5.69 Å². The van der Waals surface area contributed by atoms with Crippen LogP contribution in [0.15, 0.2) is 36.4 Å². The number of amides is 1. The Bertz CT molecular complexity index is 647. The minimum Gasteiger partial charge on any atom is -0.492 e. The van der Waals surface area contributed by atoms with Crippen molar-refractivity contribution in [3.63, 3.8) is 0 Å². The predicted octanol–water partition coefficient (Wildman–Crippen LogP) is 4.43. The molecule has 1 heterocycles. The SMILES string of the molecule is CCCOc1ccc(NC(=O)c2cccc(Cl)n2)cc1Cl. The fourth-order valence-corrected chi connectivity index (χ4v) is 2.04. The van der Waals surface area contributed by atoms with E-state index in [0.717, 1.165) is 6.42 Å². The first-order chi connectivity index (χ1) is 10.1. The van der Waals surface area contributed by atoms with Crippen molar-refractivity contribution >= 4 is 34.8 Å². The van der Waals surface area contributed by atoms with E-state index < -0.39 is 0 Å². The molecule has 0 spiro atoms. The Morgan fingerprint density at radius 2 is 2.10 bits per heavy atom.